The van der Waals surface area contributed by atoms with Crippen LogP contribution in [0.5, 0.6) is 0 Å². The Hall–Kier alpha value is -2.24. The van der Waals surface area contributed by atoms with Gasteiger partial charge in [0.2, 0.25) is 6.20 Å². The molecule has 6 heteroatoms. The largest absolute Gasteiger partial charge is 0.805 e. The van der Waals surface area contributed by atoms with Crippen LogP contribution in [0.3, 0.4) is 0 Å². The Morgan fingerprint density at radius 1 is 1.47 bits per heavy atom. The van der Waals surface area contributed by atoms with Gasteiger partial charge in [-0.05, 0) is 6.07 Å². The van der Waals surface area contributed by atoms with E-state index < -0.39 is 0 Å². The first-order chi connectivity index (χ1) is 7.24. The minimum Gasteiger partial charge on any atom is -0.805 e. The maximum atomic E-state index is 11.7. The van der Waals surface area contributed by atoms with E-state index in [0.717, 1.165) is 6.20 Å². The van der Waals surface area contributed by atoms with Crippen LogP contribution in [-0.2, 0) is 6.54 Å². The molecule has 1 aromatic carbocycles. The molecule has 2 rings (SSSR count). The lowest BCUT2D eigenvalue weighted by atomic mass is 10.3. The van der Waals surface area contributed by atoms with Gasteiger partial charge >= 0.3 is 0 Å². The molecule has 0 spiro atoms. The van der Waals surface area contributed by atoms with Gasteiger partial charge in [0.1, 0.15) is 17.8 Å². The van der Waals surface area contributed by atoms with E-state index in [1.54, 1.807) is 24.3 Å². The molecule has 15 heavy (non-hydrogen) atoms. The van der Waals surface area contributed by atoms with Gasteiger partial charge in [-0.1, -0.05) is 12.1 Å². The van der Waals surface area contributed by atoms with Gasteiger partial charge in [-0.2, -0.15) is 5.11 Å². The molecule has 1 N–H and O–H groups in total. The fourth-order valence-corrected chi connectivity index (χ4v) is 1.42. The van der Waals surface area contributed by atoms with Crippen molar-refractivity contribution in [1.29, 1.82) is 5.53 Å². The molecular formula is C9H8N4O2. The average Bonchev–Trinajstić information content (AvgIpc) is 2.26. The minimum absolute atomic E-state index is 0.0867. The van der Waals surface area contributed by atoms with Crippen molar-refractivity contribution >= 4 is 11.0 Å². The van der Waals surface area contributed by atoms with Crippen molar-refractivity contribution in [2.45, 2.75) is 6.54 Å². The van der Waals surface area contributed by atoms with Crippen LogP contribution in [0.15, 0.2) is 35.6 Å². The number of aromatic nitrogens is 2. The van der Waals surface area contributed by atoms with Crippen LogP contribution in [0.4, 0.5) is 0 Å². The first-order valence-electron chi connectivity index (χ1n) is 4.30. The van der Waals surface area contributed by atoms with E-state index in [0.29, 0.717) is 14.7 Å². The van der Waals surface area contributed by atoms with Crippen molar-refractivity contribution in [1.82, 2.24) is 4.73 Å². The molecule has 0 aliphatic rings. The van der Waals surface area contributed by atoms with E-state index in [2.05, 4.69) is 5.11 Å². The normalized spacial score (nSPS) is 10.4. The number of fused-ring (bicyclic) bond motifs is 1. The number of hydrogen-bond acceptors (Lipinski definition) is 4. The van der Waals surface area contributed by atoms with Crippen molar-refractivity contribution in [2.75, 3.05) is 0 Å². The summed E-state index contributed by atoms with van der Waals surface area (Å²) in [6.45, 7) is -0.0867. The predicted octanol–water partition coefficient (Wildman–Crippen LogP) is 1.43. The summed E-state index contributed by atoms with van der Waals surface area (Å²) in [5.41, 5.74) is 7.43. The van der Waals surface area contributed by atoms with E-state index >= 15 is 0 Å². The number of nitrogens with zero attached hydrogens (tertiary/aromatic N) is 3. The highest BCUT2D eigenvalue weighted by Gasteiger charge is 2.10. The van der Waals surface area contributed by atoms with Crippen LogP contribution in [0.25, 0.3) is 11.0 Å². The van der Waals surface area contributed by atoms with E-state index in [9.17, 15) is 10.1 Å². The second-order valence-corrected chi connectivity index (χ2v) is 3.05. The highest BCUT2D eigenvalue weighted by Crippen LogP contribution is 2.10. The maximum Gasteiger partial charge on any atom is 0.285 e. The van der Waals surface area contributed by atoms with Crippen LogP contribution in [0.1, 0.15) is 5.69 Å². The standard InChI is InChI=1S/C9H8N4O2/c10-11-5-7-6-12(14)8-3-1-2-4-9(8)13(7)15/h1-4,6,10H,5H2. The second kappa shape index (κ2) is 3.49. The number of benzene rings is 1. The first kappa shape index (κ1) is 9.32. The SMILES string of the molecule is N=NCc1c[n+](=O)c2ccccc2n1[O-]. The smallest absolute Gasteiger partial charge is 0.285 e. The quantitative estimate of drug-likeness (QED) is 0.592. The van der Waals surface area contributed by atoms with E-state index in [4.69, 9.17) is 5.53 Å². The summed E-state index contributed by atoms with van der Waals surface area (Å²) in [6.07, 6.45) is 1.15. The Balaban J connectivity index is 2.84. The molecule has 0 amide bonds. The van der Waals surface area contributed by atoms with Crippen molar-refractivity contribution in [3.63, 3.8) is 0 Å². The van der Waals surface area contributed by atoms with Crippen molar-refractivity contribution < 1.29 is 4.43 Å². The number of nitrogens with one attached hydrogen (secondary N) is 1. The molecule has 1 aromatic heterocycles. The molecule has 0 radical (unpaired) electrons. The van der Waals surface area contributed by atoms with Gasteiger partial charge in [-0.15, -0.1) is 0 Å². The lowest BCUT2D eigenvalue weighted by Crippen LogP contribution is -2.19. The van der Waals surface area contributed by atoms with Gasteiger partial charge in [0, 0.05) is 11.0 Å². The molecule has 2 aromatic rings. The van der Waals surface area contributed by atoms with Crippen molar-refractivity contribution in [3.8, 4) is 0 Å². The van der Waals surface area contributed by atoms with E-state index in [1.807, 2.05) is 0 Å². The van der Waals surface area contributed by atoms with Crippen LogP contribution in [-0.4, -0.2) is 4.73 Å². The van der Waals surface area contributed by atoms with Gasteiger partial charge in [0.05, 0.1) is 4.43 Å². The Labute approximate surface area is 84.5 Å². The summed E-state index contributed by atoms with van der Waals surface area (Å²) in [6, 6.07) is 6.49. The molecule has 0 fully saturated rings. The third-order valence-electron chi connectivity index (χ3n) is 2.11. The second-order valence-electron chi connectivity index (χ2n) is 3.05. The predicted molar refractivity (Wildman–Crippen MR) is 52.9 cm³/mol. The number of para-hydroxylation sites is 2. The zero-order valence-corrected chi connectivity index (χ0v) is 7.75. The lowest BCUT2D eigenvalue weighted by molar-refractivity contribution is -0.465. The Morgan fingerprint density at radius 2 is 2.20 bits per heavy atom. The lowest BCUT2D eigenvalue weighted by Gasteiger charge is -2.14. The maximum absolute atomic E-state index is 11.7. The summed E-state index contributed by atoms with van der Waals surface area (Å²) in [5.74, 6) is 0. The molecule has 0 aliphatic carbocycles. The Kier molecular flexibility index (Phi) is 2.17. The third-order valence-corrected chi connectivity index (χ3v) is 2.11. The molecule has 6 nitrogen and oxygen atoms in total. The van der Waals surface area contributed by atoms with Crippen molar-refractivity contribution in [2.24, 2.45) is 5.11 Å². The van der Waals surface area contributed by atoms with Gasteiger partial charge in [-0.25, -0.2) is 5.53 Å². The highest BCUT2D eigenvalue weighted by atomic mass is 16.5. The molecular weight excluding hydrogens is 196 g/mol. The average molecular weight is 204 g/mol. The molecule has 0 saturated carbocycles. The first-order valence-corrected chi connectivity index (χ1v) is 4.30. The third kappa shape index (κ3) is 1.45. The molecule has 0 atom stereocenters. The Bertz CT molecular complexity index is 576. The van der Waals surface area contributed by atoms with Crippen LogP contribution in [0.2, 0.25) is 0 Å². The zero-order chi connectivity index (χ0) is 10.8. The fourth-order valence-electron chi connectivity index (χ4n) is 1.42. The van der Waals surface area contributed by atoms with E-state index in [-0.39, 0.29) is 17.8 Å². The van der Waals surface area contributed by atoms with Gasteiger partial charge < -0.3 is 9.94 Å². The molecule has 0 aliphatic heterocycles. The molecule has 0 saturated heterocycles. The van der Waals surface area contributed by atoms with Gasteiger partial charge in [-0.3, -0.25) is 0 Å². The van der Waals surface area contributed by atoms with Crippen LogP contribution >= 0.6 is 0 Å². The summed E-state index contributed by atoms with van der Waals surface area (Å²) in [5, 5.41) is 14.8. The minimum atomic E-state index is -0.0867. The molecule has 0 bridgehead atoms. The number of rotatable bonds is 2. The topological polar surface area (TPSA) is 87.2 Å². The van der Waals surface area contributed by atoms with Crippen LogP contribution < -0.4 is 4.43 Å². The monoisotopic (exact) mass is 204 g/mol. The molecule has 0 unspecified atom stereocenters. The van der Waals surface area contributed by atoms with Crippen molar-refractivity contribution in [3.05, 3.63) is 46.3 Å². The zero-order valence-electron chi connectivity index (χ0n) is 7.75. The van der Waals surface area contributed by atoms with Crippen LogP contribution in [0, 0.1) is 15.6 Å². The summed E-state index contributed by atoms with van der Waals surface area (Å²) < 4.78 is 1.24. The number of hydrogen-bond donors (Lipinski definition) is 1. The summed E-state index contributed by atoms with van der Waals surface area (Å²) in [4.78, 5) is 11.5. The molecule has 1 heterocycles. The highest BCUT2D eigenvalue weighted by molar-refractivity contribution is 5.71. The summed E-state index contributed by atoms with van der Waals surface area (Å²) in [7, 11) is 0. The van der Waals surface area contributed by atoms with Gasteiger partial charge in [0.25, 0.3) is 5.52 Å². The fraction of sp³-hybridized carbons (Fsp3) is 0.111. The van der Waals surface area contributed by atoms with Gasteiger partial charge in [0.15, 0.2) is 0 Å². The van der Waals surface area contributed by atoms with E-state index in [1.165, 1.54) is 0 Å². The molecule has 76 valence electrons. The summed E-state index contributed by atoms with van der Waals surface area (Å²) >= 11 is 0. The Morgan fingerprint density at radius 3 is 2.93 bits per heavy atom.